The number of hydrogen-bond donors (Lipinski definition) is 2. The second-order valence-electron chi connectivity index (χ2n) is 9.17. The van der Waals surface area contributed by atoms with Crippen LogP contribution in [0.3, 0.4) is 0 Å². The third kappa shape index (κ3) is 9.48. The summed E-state index contributed by atoms with van der Waals surface area (Å²) in [4.78, 5) is 38.6. The number of ketones is 1. The molecule has 7 nitrogen and oxygen atoms in total. The van der Waals surface area contributed by atoms with E-state index in [4.69, 9.17) is 4.74 Å². The zero-order valence-corrected chi connectivity index (χ0v) is 20.7. The smallest absolute Gasteiger partial charge is 0.412 e. The van der Waals surface area contributed by atoms with Crippen molar-refractivity contribution in [2.75, 3.05) is 30.9 Å². The van der Waals surface area contributed by atoms with Gasteiger partial charge >= 0.3 is 6.09 Å². The van der Waals surface area contributed by atoms with E-state index < -0.39 is 11.7 Å². The summed E-state index contributed by atoms with van der Waals surface area (Å²) in [5.74, 6) is -0.178. The summed E-state index contributed by atoms with van der Waals surface area (Å²) >= 11 is 0. The zero-order chi connectivity index (χ0) is 25.1. The van der Waals surface area contributed by atoms with Crippen LogP contribution in [-0.4, -0.2) is 44.0 Å². The monoisotopic (exact) mass is 465 g/mol. The van der Waals surface area contributed by atoms with E-state index in [0.29, 0.717) is 24.2 Å². The molecule has 0 aromatic heterocycles. The fourth-order valence-corrected chi connectivity index (χ4v) is 3.11. The van der Waals surface area contributed by atoms with Crippen molar-refractivity contribution >= 4 is 29.2 Å². The highest BCUT2D eigenvalue weighted by Gasteiger charge is 2.17. The number of anilines is 2. The maximum Gasteiger partial charge on any atom is 0.412 e. The van der Waals surface area contributed by atoms with E-state index in [0.717, 1.165) is 17.7 Å². The van der Waals surface area contributed by atoms with E-state index in [1.807, 2.05) is 43.3 Å². The average Bonchev–Trinajstić information content (AvgIpc) is 2.76. The minimum Gasteiger partial charge on any atom is -0.444 e. The summed E-state index contributed by atoms with van der Waals surface area (Å²) in [5, 5.41) is 5.60. The summed E-state index contributed by atoms with van der Waals surface area (Å²) in [7, 11) is 3.90. The van der Waals surface area contributed by atoms with Crippen LogP contribution in [0.15, 0.2) is 60.7 Å². The molecule has 0 aliphatic heterocycles. The third-order valence-corrected chi connectivity index (χ3v) is 4.80. The number of benzene rings is 2. The number of para-hydroxylation sites is 1. The van der Waals surface area contributed by atoms with Gasteiger partial charge in [0.05, 0.1) is 0 Å². The molecule has 0 fully saturated rings. The van der Waals surface area contributed by atoms with Gasteiger partial charge in [0.2, 0.25) is 0 Å². The van der Waals surface area contributed by atoms with Crippen molar-refractivity contribution in [2.45, 2.75) is 45.6 Å². The Bertz CT molecular complexity index is 1010. The number of carbonyl (C=O) groups is 3. The number of hydrogen-bond acceptors (Lipinski definition) is 5. The topological polar surface area (TPSA) is 87.7 Å². The van der Waals surface area contributed by atoms with Gasteiger partial charge in [-0.25, -0.2) is 4.79 Å². The van der Waals surface area contributed by atoms with Crippen molar-refractivity contribution in [1.82, 2.24) is 5.32 Å². The predicted molar refractivity (Wildman–Crippen MR) is 136 cm³/mol. The van der Waals surface area contributed by atoms with E-state index in [-0.39, 0.29) is 18.1 Å². The van der Waals surface area contributed by atoms with Crippen LogP contribution in [0, 0.1) is 0 Å². The van der Waals surface area contributed by atoms with Gasteiger partial charge in [0.15, 0.2) is 5.78 Å². The summed E-state index contributed by atoms with van der Waals surface area (Å²) in [6.45, 7) is 5.90. The van der Waals surface area contributed by atoms with Crippen LogP contribution >= 0.6 is 0 Å². The van der Waals surface area contributed by atoms with Gasteiger partial charge in [-0.05, 0) is 75.6 Å². The Morgan fingerprint density at radius 1 is 1.00 bits per heavy atom. The van der Waals surface area contributed by atoms with Gasteiger partial charge in [-0.2, -0.15) is 0 Å². The molecule has 0 aliphatic rings. The second kappa shape index (κ2) is 12.6. The average molecular weight is 466 g/mol. The zero-order valence-electron chi connectivity index (χ0n) is 20.7. The summed E-state index contributed by atoms with van der Waals surface area (Å²) < 4.78 is 5.28. The van der Waals surface area contributed by atoms with Gasteiger partial charge < -0.3 is 15.0 Å². The van der Waals surface area contributed by atoms with Crippen LogP contribution in [0.1, 0.15) is 49.5 Å². The first-order valence-electron chi connectivity index (χ1n) is 11.4. The Hall–Kier alpha value is -3.61. The molecule has 0 bridgehead atoms. The van der Waals surface area contributed by atoms with Gasteiger partial charge in [0.1, 0.15) is 5.60 Å². The molecule has 0 aliphatic carbocycles. The lowest BCUT2D eigenvalue weighted by Crippen LogP contribution is -2.27. The molecular weight excluding hydrogens is 430 g/mol. The number of nitrogens with zero attached hydrogens (tertiary/aromatic N) is 1. The molecule has 2 N–H and O–H groups in total. The van der Waals surface area contributed by atoms with Crippen molar-refractivity contribution in [3.8, 4) is 0 Å². The molecule has 0 heterocycles. The number of unbranched alkanes of at least 4 members (excludes halogenated alkanes) is 1. The van der Waals surface area contributed by atoms with Crippen LogP contribution in [0.5, 0.6) is 0 Å². The molecular formula is C27H35N3O4. The molecule has 0 saturated carbocycles. The van der Waals surface area contributed by atoms with E-state index in [2.05, 4.69) is 10.6 Å². The first kappa shape index (κ1) is 26.6. The Balaban J connectivity index is 1.75. The standard InChI is InChI=1S/C27H35N3O4/c1-27(2,3)34-26(33)29-24-13-9-8-11-21(24)19-23(31)12-7-6-10-18-28-25(32)20-14-16-22(17-15-20)30(4)5/h7-9,11-17H,6,10,18-19H2,1-5H3,(H,28,32)(H,29,33)/b12-7+. The SMILES string of the molecule is CN(C)c1ccc(C(=O)NCCC/C=C/C(=O)Cc2ccccc2NC(=O)OC(C)(C)C)cc1. The highest BCUT2D eigenvalue weighted by molar-refractivity contribution is 5.95. The molecule has 0 radical (unpaired) electrons. The van der Waals surface area contributed by atoms with E-state index in [1.165, 1.54) is 0 Å². The minimum atomic E-state index is -0.603. The van der Waals surface area contributed by atoms with Crippen LogP contribution in [0.4, 0.5) is 16.2 Å². The van der Waals surface area contributed by atoms with Crippen LogP contribution in [-0.2, 0) is 16.0 Å². The molecule has 0 unspecified atom stereocenters. The summed E-state index contributed by atoms with van der Waals surface area (Å²) in [6.07, 6.45) is 4.36. The molecule has 182 valence electrons. The van der Waals surface area contributed by atoms with Gasteiger partial charge in [-0.1, -0.05) is 24.3 Å². The van der Waals surface area contributed by atoms with Crippen molar-refractivity contribution in [3.05, 3.63) is 71.8 Å². The van der Waals surface area contributed by atoms with Crippen LogP contribution < -0.4 is 15.5 Å². The molecule has 7 heteroatoms. The van der Waals surface area contributed by atoms with E-state index in [9.17, 15) is 14.4 Å². The summed E-state index contributed by atoms with van der Waals surface area (Å²) in [6, 6.07) is 14.6. The Kier molecular flexibility index (Phi) is 9.86. The van der Waals surface area contributed by atoms with E-state index in [1.54, 1.807) is 57.2 Å². The highest BCUT2D eigenvalue weighted by atomic mass is 16.6. The van der Waals surface area contributed by atoms with Gasteiger partial charge in [0, 0.05) is 44.0 Å². The van der Waals surface area contributed by atoms with Crippen molar-refractivity contribution in [1.29, 1.82) is 0 Å². The predicted octanol–water partition coefficient (Wildman–Crippen LogP) is 4.98. The molecule has 2 amide bonds. The van der Waals surface area contributed by atoms with Gasteiger partial charge in [-0.3, -0.25) is 14.9 Å². The molecule has 0 spiro atoms. The quantitative estimate of drug-likeness (QED) is 0.382. The number of rotatable bonds is 10. The second-order valence-corrected chi connectivity index (χ2v) is 9.17. The molecule has 0 atom stereocenters. The van der Waals surface area contributed by atoms with Gasteiger partial charge in [-0.15, -0.1) is 0 Å². The van der Waals surface area contributed by atoms with Crippen molar-refractivity contribution < 1.29 is 19.1 Å². The number of allylic oxidation sites excluding steroid dienone is 2. The molecule has 0 saturated heterocycles. The van der Waals surface area contributed by atoms with Crippen LogP contribution in [0.25, 0.3) is 0 Å². The lowest BCUT2D eigenvalue weighted by molar-refractivity contribution is -0.114. The van der Waals surface area contributed by atoms with Crippen molar-refractivity contribution in [2.24, 2.45) is 0 Å². The maximum absolute atomic E-state index is 12.4. The minimum absolute atomic E-state index is 0.0662. The third-order valence-electron chi connectivity index (χ3n) is 4.80. The maximum atomic E-state index is 12.4. The Labute approximate surface area is 202 Å². The fraction of sp³-hybridized carbons (Fsp3) is 0.370. The number of ether oxygens (including phenoxy) is 1. The van der Waals surface area contributed by atoms with Gasteiger partial charge in [0.25, 0.3) is 5.91 Å². The van der Waals surface area contributed by atoms with E-state index >= 15 is 0 Å². The number of nitrogens with one attached hydrogen (secondary N) is 2. The normalized spacial score (nSPS) is 11.2. The molecule has 34 heavy (non-hydrogen) atoms. The lowest BCUT2D eigenvalue weighted by atomic mass is 10.1. The van der Waals surface area contributed by atoms with Crippen LogP contribution in [0.2, 0.25) is 0 Å². The summed E-state index contributed by atoms with van der Waals surface area (Å²) in [5.41, 5.74) is 2.33. The van der Waals surface area contributed by atoms with Crippen molar-refractivity contribution in [3.63, 3.8) is 0 Å². The molecule has 2 rings (SSSR count). The highest BCUT2D eigenvalue weighted by Crippen LogP contribution is 2.18. The molecule has 2 aromatic carbocycles. The largest absolute Gasteiger partial charge is 0.444 e. The number of carbonyl (C=O) groups excluding carboxylic acids is 3. The first-order valence-corrected chi connectivity index (χ1v) is 11.4. The Morgan fingerprint density at radius 2 is 1.68 bits per heavy atom. The Morgan fingerprint density at radius 3 is 2.32 bits per heavy atom. The lowest BCUT2D eigenvalue weighted by Gasteiger charge is -2.20. The number of amides is 2. The fourth-order valence-electron chi connectivity index (χ4n) is 3.11. The first-order chi connectivity index (χ1) is 16.0. The molecule has 2 aromatic rings.